The van der Waals surface area contributed by atoms with Crippen LogP contribution in [0.5, 0.6) is 5.75 Å². The molecule has 0 bridgehead atoms. The van der Waals surface area contributed by atoms with Crippen LogP contribution in [0.4, 0.5) is 0 Å². The number of aromatic nitrogens is 2. The van der Waals surface area contributed by atoms with Crippen LogP contribution in [0, 0.1) is 27.7 Å². The highest BCUT2D eigenvalue weighted by Crippen LogP contribution is 2.23. The first-order valence-corrected chi connectivity index (χ1v) is 9.72. The zero-order valence-electron chi connectivity index (χ0n) is 16.3. The summed E-state index contributed by atoms with van der Waals surface area (Å²) in [6.45, 7) is 7.06. The molecule has 1 aromatic carbocycles. The fraction of sp³-hybridized carbons (Fsp3) is 0.286. The standard InChI is InChI=1S/C21H22N2O4S/c1-13-5-6-14(2)19(9-13)26-12-20(25)27-11-18(24)17-10-15(3)23(16(17)4)21-22-7-8-28-21/h5-10H,11-12H2,1-4H3. The number of nitrogens with zero attached hydrogens (tertiary/aromatic N) is 2. The highest BCUT2D eigenvalue weighted by atomic mass is 32.1. The van der Waals surface area contributed by atoms with Crippen molar-refractivity contribution >= 4 is 23.1 Å². The lowest BCUT2D eigenvalue weighted by Gasteiger charge is -2.10. The van der Waals surface area contributed by atoms with Gasteiger partial charge in [-0.3, -0.25) is 9.36 Å². The van der Waals surface area contributed by atoms with Crippen LogP contribution in [0.25, 0.3) is 5.13 Å². The molecule has 6 nitrogen and oxygen atoms in total. The van der Waals surface area contributed by atoms with Crippen LogP contribution in [-0.4, -0.2) is 34.5 Å². The average Bonchev–Trinajstić information content (AvgIpc) is 3.28. The lowest BCUT2D eigenvalue weighted by molar-refractivity contribution is -0.144. The van der Waals surface area contributed by atoms with Crippen LogP contribution < -0.4 is 4.74 Å². The van der Waals surface area contributed by atoms with Crippen molar-refractivity contribution in [2.45, 2.75) is 27.7 Å². The molecule has 0 radical (unpaired) electrons. The number of aryl methyl sites for hydroxylation is 3. The lowest BCUT2D eigenvalue weighted by Crippen LogP contribution is -2.20. The monoisotopic (exact) mass is 398 g/mol. The van der Waals surface area contributed by atoms with E-state index in [-0.39, 0.29) is 19.0 Å². The summed E-state index contributed by atoms with van der Waals surface area (Å²) in [6, 6.07) is 7.56. The van der Waals surface area contributed by atoms with E-state index in [1.54, 1.807) is 12.3 Å². The molecule has 0 spiro atoms. The number of hydrogen-bond acceptors (Lipinski definition) is 6. The van der Waals surface area contributed by atoms with E-state index in [4.69, 9.17) is 9.47 Å². The Bertz CT molecular complexity index is 1010. The first-order valence-electron chi connectivity index (χ1n) is 8.84. The van der Waals surface area contributed by atoms with Gasteiger partial charge >= 0.3 is 5.97 Å². The molecule has 146 valence electrons. The molecule has 0 aliphatic carbocycles. The number of carbonyl (C=O) groups excluding carboxylic acids is 2. The molecular formula is C21H22N2O4S. The van der Waals surface area contributed by atoms with E-state index < -0.39 is 5.97 Å². The van der Waals surface area contributed by atoms with Crippen molar-refractivity contribution in [3.63, 3.8) is 0 Å². The zero-order valence-corrected chi connectivity index (χ0v) is 17.1. The molecule has 0 atom stereocenters. The van der Waals surface area contributed by atoms with Crippen molar-refractivity contribution in [1.29, 1.82) is 0 Å². The maximum atomic E-state index is 12.5. The van der Waals surface area contributed by atoms with Gasteiger partial charge in [-0.1, -0.05) is 12.1 Å². The number of rotatable bonds is 7. The van der Waals surface area contributed by atoms with E-state index in [1.165, 1.54) is 11.3 Å². The van der Waals surface area contributed by atoms with E-state index in [0.717, 1.165) is 27.6 Å². The minimum atomic E-state index is -0.581. The van der Waals surface area contributed by atoms with Gasteiger partial charge in [-0.05, 0) is 51.0 Å². The normalized spacial score (nSPS) is 10.7. The van der Waals surface area contributed by atoms with Gasteiger partial charge in [0.15, 0.2) is 18.3 Å². The van der Waals surface area contributed by atoms with E-state index in [0.29, 0.717) is 11.3 Å². The maximum absolute atomic E-state index is 12.5. The van der Waals surface area contributed by atoms with Crippen molar-refractivity contribution in [2.24, 2.45) is 0 Å². The fourth-order valence-electron chi connectivity index (χ4n) is 2.93. The largest absolute Gasteiger partial charge is 0.482 e. The Morgan fingerprint density at radius 2 is 1.89 bits per heavy atom. The third kappa shape index (κ3) is 4.31. The third-order valence-electron chi connectivity index (χ3n) is 4.40. The highest BCUT2D eigenvalue weighted by molar-refractivity contribution is 7.12. The molecule has 0 fully saturated rings. The number of benzene rings is 1. The van der Waals surface area contributed by atoms with Gasteiger partial charge in [0.25, 0.3) is 0 Å². The number of ketones is 1. The van der Waals surface area contributed by atoms with Crippen molar-refractivity contribution in [3.05, 3.63) is 63.9 Å². The SMILES string of the molecule is Cc1ccc(C)c(OCC(=O)OCC(=O)c2cc(C)n(-c3nccs3)c2C)c1. The van der Waals surface area contributed by atoms with Crippen LogP contribution in [0.2, 0.25) is 0 Å². The van der Waals surface area contributed by atoms with E-state index in [2.05, 4.69) is 4.98 Å². The van der Waals surface area contributed by atoms with Gasteiger partial charge in [-0.15, -0.1) is 11.3 Å². The molecule has 0 N–H and O–H groups in total. The van der Waals surface area contributed by atoms with Gasteiger partial charge in [0.2, 0.25) is 5.78 Å². The average molecular weight is 398 g/mol. The minimum Gasteiger partial charge on any atom is -0.482 e. The van der Waals surface area contributed by atoms with Crippen molar-refractivity contribution in [2.75, 3.05) is 13.2 Å². The number of esters is 1. The number of hydrogen-bond donors (Lipinski definition) is 0. The summed E-state index contributed by atoms with van der Waals surface area (Å²) in [5.74, 6) is -0.200. The summed E-state index contributed by atoms with van der Waals surface area (Å²) in [4.78, 5) is 28.8. The van der Waals surface area contributed by atoms with E-state index >= 15 is 0 Å². The van der Waals surface area contributed by atoms with Gasteiger partial charge in [0, 0.05) is 28.5 Å². The third-order valence-corrected chi connectivity index (χ3v) is 5.15. The molecule has 0 saturated carbocycles. The topological polar surface area (TPSA) is 70.4 Å². The number of carbonyl (C=O) groups is 2. The number of thiazole rings is 1. The van der Waals surface area contributed by atoms with Gasteiger partial charge in [0.1, 0.15) is 5.75 Å². The molecule has 7 heteroatoms. The quantitative estimate of drug-likeness (QED) is 0.445. The Labute approximate surface area is 167 Å². The molecule has 0 aliphatic rings. The number of ether oxygens (including phenoxy) is 2. The fourth-order valence-corrected chi connectivity index (χ4v) is 3.68. The predicted octanol–water partition coefficient (Wildman–Crippen LogP) is 3.97. The Morgan fingerprint density at radius 3 is 2.61 bits per heavy atom. The Kier molecular flexibility index (Phi) is 5.94. The van der Waals surface area contributed by atoms with Crippen LogP contribution in [-0.2, 0) is 9.53 Å². The van der Waals surface area contributed by atoms with Gasteiger partial charge < -0.3 is 9.47 Å². The van der Waals surface area contributed by atoms with Gasteiger partial charge in [0.05, 0.1) is 0 Å². The van der Waals surface area contributed by atoms with Crippen LogP contribution in [0.1, 0.15) is 32.9 Å². The second-order valence-electron chi connectivity index (χ2n) is 6.58. The van der Waals surface area contributed by atoms with Crippen LogP contribution in [0.15, 0.2) is 35.8 Å². The van der Waals surface area contributed by atoms with Gasteiger partial charge in [-0.25, -0.2) is 9.78 Å². The van der Waals surface area contributed by atoms with Gasteiger partial charge in [-0.2, -0.15) is 0 Å². The molecule has 0 saturated heterocycles. The first kappa shape index (κ1) is 19.8. The summed E-state index contributed by atoms with van der Waals surface area (Å²) < 4.78 is 12.5. The summed E-state index contributed by atoms with van der Waals surface area (Å²) in [5.41, 5.74) is 4.18. The lowest BCUT2D eigenvalue weighted by atomic mass is 10.1. The summed E-state index contributed by atoms with van der Waals surface area (Å²) in [5, 5.41) is 2.68. The highest BCUT2D eigenvalue weighted by Gasteiger charge is 2.19. The maximum Gasteiger partial charge on any atom is 0.344 e. The summed E-state index contributed by atoms with van der Waals surface area (Å²) >= 11 is 1.49. The molecule has 3 rings (SSSR count). The summed E-state index contributed by atoms with van der Waals surface area (Å²) in [7, 11) is 0. The second kappa shape index (κ2) is 8.39. The smallest absolute Gasteiger partial charge is 0.344 e. The molecule has 0 aliphatic heterocycles. The summed E-state index contributed by atoms with van der Waals surface area (Å²) in [6.07, 6.45) is 1.72. The first-order chi connectivity index (χ1) is 13.4. The van der Waals surface area contributed by atoms with Crippen LogP contribution >= 0.6 is 11.3 Å². The second-order valence-corrected chi connectivity index (χ2v) is 7.45. The zero-order chi connectivity index (χ0) is 20.3. The molecule has 28 heavy (non-hydrogen) atoms. The Hall–Kier alpha value is -2.93. The molecular weight excluding hydrogens is 376 g/mol. The van der Waals surface area contributed by atoms with E-state index in [1.807, 2.05) is 55.8 Å². The van der Waals surface area contributed by atoms with Crippen LogP contribution in [0.3, 0.4) is 0 Å². The van der Waals surface area contributed by atoms with Crippen molar-refractivity contribution in [1.82, 2.24) is 9.55 Å². The minimum absolute atomic E-state index is 0.240. The predicted molar refractivity (Wildman–Crippen MR) is 108 cm³/mol. The number of Topliss-reactive ketones (excluding diaryl/α,β-unsaturated/α-hetero) is 1. The van der Waals surface area contributed by atoms with Crippen molar-refractivity contribution in [3.8, 4) is 10.9 Å². The Balaban J connectivity index is 1.59. The van der Waals surface area contributed by atoms with Crippen molar-refractivity contribution < 1.29 is 19.1 Å². The molecule has 2 aromatic heterocycles. The molecule has 0 unspecified atom stereocenters. The van der Waals surface area contributed by atoms with E-state index in [9.17, 15) is 9.59 Å². The molecule has 3 aromatic rings. The molecule has 2 heterocycles. The Morgan fingerprint density at radius 1 is 1.11 bits per heavy atom. The molecule has 0 amide bonds.